The molecule has 0 saturated carbocycles. The molecule has 0 unspecified atom stereocenters. The maximum Gasteiger partial charge on any atom is 0.343 e. The van der Waals surface area contributed by atoms with Crippen molar-refractivity contribution in [2.45, 2.75) is 46.5 Å². The maximum absolute atomic E-state index is 14.5. The molecule has 41 heavy (non-hydrogen) atoms. The first-order valence-electron chi connectivity index (χ1n) is 13.3. The Morgan fingerprint density at radius 1 is 0.780 bits per heavy atom. The summed E-state index contributed by atoms with van der Waals surface area (Å²) in [5, 5.41) is 0. The molecular weight excluding hydrogens is 540 g/mol. The van der Waals surface area contributed by atoms with Crippen molar-refractivity contribution in [3.8, 4) is 23.3 Å². The first-order valence-corrected chi connectivity index (χ1v) is 13.3. The highest BCUT2D eigenvalue weighted by atomic mass is 19.2. The molecule has 0 aliphatic heterocycles. The van der Waals surface area contributed by atoms with Crippen molar-refractivity contribution in [1.29, 1.82) is 0 Å². The number of hydrogen-bond acceptors (Lipinski definition) is 5. The van der Waals surface area contributed by atoms with Crippen LogP contribution < -0.4 is 9.47 Å². The van der Waals surface area contributed by atoms with E-state index in [0.29, 0.717) is 18.6 Å². The summed E-state index contributed by atoms with van der Waals surface area (Å²) in [5.74, 6) is -3.93. The Hall–Kier alpha value is -4.32. The van der Waals surface area contributed by atoms with Crippen LogP contribution in [-0.2, 0) is 4.74 Å². The lowest BCUT2D eigenvalue weighted by Crippen LogP contribution is -2.12. The minimum absolute atomic E-state index is 0.0824. The molecule has 0 heterocycles. The predicted octanol–water partition coefficient (Wildman–Crippen LogP) is 7.63. The number of ether oxygens (including phenoxy) is 3. The molecule has 0 fully saturated rings. The summed E-state index contributed by atoms with van der Waals surface area (Å²) in [5.41, 5.74) is -0.331. The van der Waals surface area contributed by atoms with Crippen molar-refractivity contribution in [3.05, 3.63) is 94.1 Å². The third kappa shape index (κ3) is 8.34. The third-order valence-electron chi connectivity index (χ3n) is 6.17. The molecule has 3 rings (SSSR count). The average molecular weight is 571 g/mol. The monoisotopic (exact) mass is 570 g/mol. The highest BCUT2D eigenvalue weighted by Crippen LogP contribution is 2.30. The highest BCUT2D eigenvalue weighted by Gasteiger charge is 2.26. The van der Waals surface area contributed by atoms with Crippen LogP contribution in [0.25, 0.3) is 0 Å². The average Bonchev–Trinajstić information content (AvgIpc) is 2.99. The van der Waals surface area contributed by atoms with E-state index in [4.69, 9.17) is 14.2 Å². The molecule has 0 aliphatic rings. The molecular formula is C32H30F4O5. The van der Waals surface area contributed by atoms with Crippen LogP contribution in [0.3, 0.4) is 0 Å². The minimum Gasteiger partial charge on any atom is -0.487 e. The lowest BCUT2D eigenvalue weighted by atomic mass is 10.1. The van der Waals surface area contributed by atoms with Gasteiger partial charge < -0.3 is 14.2 Å². The summed E-state index contributed by atoms with van der Waals surface area (Å²) >= 11 is 0. The van der Waals surface area contributed by atoms with Gasteiger partial charge in [0, 0.05) is 5.56 Å². The number of unbranched alkanes of at least 4 members (excludes halogenated alkanes) is 2. The quantitative estimate of drug-likeness (QED) is 0.0592. The van der Waals surface area contributed by atoms with Crippen molar-refractivity contribution in [1.82, 2.24) is 0 Å². The molecule has 0 spiro atoms. The second-order valence-electron chi connectivity index (χ2n) is 9.37. The lowest BCUT2D eigenvalue weighted by Gasteiger charge is -2.10. The summed E-state index contributed by atoms with van der Waals surface area (Å²) in [6, 6.07) is 11.4. The second-order valence-corrected chi connectivity index (χ2v) is 9.37. The van der Waals surface area contributed by atoms with E-state index in [2.05, 4.69) is 11.8 Å². The molecule has 0 radical (unpaired) electrons. The molecule has 1 atom stereocenters. The van der Waals surface area contributed by atoms with Crippen molar-refractivity contribution in [2.75, 3.05) is 13.2 Å². The van der Waals surface area contributed by atoms with Gasteiger partial charge in [0.05, 0.1) is 24.3 Å². The van der Waals surface area contributed by atoms with Gasteiger partial charge in [0.15, 0.2) is 17.4 Å². The van der Waals surface area contributed by atoms with Crippen molar-refractivity contribution >= 4 is 11.9 Å². The van der Waals surface area contributed by atoms with Gasteiger partial charge in [-0.25, -0.2) is 18.4 Å². The Balaban J connectivity index is 1.65. The van der Waals surface area contributed by atoms with Crippen molar-refractivity contribution in [2.24, 2.45) is 5.92 Å². The summed E-state index contributed by atoms with van der Waals surface area (Å²) < 4.78 is 73.1. The Kier molecular flexibility index (Phi) is 11.3. The van der Waals surface area contributed by atoms with E-state index in [0.717, 1.165) is 19.3 Å². The van der Waals surface area contributed by atoms with Crippen molar-refractivity contribution < 1.29 is 41.4 Å². The Labute approximate surface area is 236 Å². The van der Waals surface area contributed by atoms with Gasteiger partial charge in [0.2, 0.25) is 11.6 Å². The van der Waals surface area contributed by atoms with Gasteiger partial charge >= 0.3 is 11.9 Å². The Bertz CT molecular complexity index is 1390. The zero-order valence-electron chi connectivity index (χ0n) is 23.0. The van der Waals surface area contributed by atoms with Crippen LogP contribution >= 0.6 is 0 Å². The van der Waals surface area contributed by atoms with Gasteiger partial charge in [0.1, 0.15) is 11.3 Å². The second kappa shape index (κ2) is 14.9. The number of rotatable bonds is 11. The summed E-state index contributed by atoms with van der Waals surface area (Å²) in [6.45, 7) is 6.11. The van der Waals surface area contributed by atoms with Crippen LogP contribution in [0.5, 0.6) is 11.5 Å². The standard InChI is InChI=1S/C32H30F4O5/c1-4-6-7-18-39-30-28(35)26(33)25(27(34)29(30)36)17-10-21-8-15-24(16-9-21)41-32(38)23-13-11-22(12-14-23)31(37)40-19-20(3)5-2/h8-9,11-16,20H,4-7,18-19H2,1-3H3/t20-/m0/s1. The van der Waals surface area contributed by atoms with Gasteiger partial charge in [-0.1, -0.05) is 51.9 Å². The topological polar surface area (TPSA) is 61.8 Å². The Morgan fingerprint density at radius 3 is 1.93 bits per heavy atom. The first-order chi connectivity index (χ1) is 19.7. The number of carbonyl (C=O) groups is 2. The van der Waals surface area contributed by atoms with Crippen LogP contribution in [0.15, 0.2) is 48.5 Å². The van der Waals surface area contributed by atoms with Crippen LogP contribution in [0.2, 0.25) is 0 Å². The SMILES string of the molecule is CCCCCOc1c(F)c(F)c(C#Cc2ccc(OC(=O)c3ccc(C(=O)OC[C@@H](C)CC)cc3)cc2)c(F)c1F. The van der Waals surface area contributed by atoms with Gasteiger partial charge in [-0.2, -0.15) is 8.78 Å². The molecule has 9 heteroatoms. The van der Waals surface area contributed by atoms with Crippen LogP contribution in [-0.4, -0.2) is 25.2 Å². The molecule has 0 aromatic heterocycles. The van der Waals surface area contributed by atoms with E-state index in [1.54, 1.807) is 0 Å². The molecule has 3 aromatic rings. The van der Waals surface area contributed by atoms with Crippen LogP contribution in [0.4, 0.5) is 17.6 Å². The summed E-state index contributed by atoms with van der Waals surface area (Å²) in [7, 11) is 0. The Morgan fingerprint density at radius 2 is 1.37 bits per heavy atom. The fraction of sp³-hybridized carbons (Fsp3) is 0.312. The molecule has 0 bridgehead atoms. The first kappa shape index (κ1) is 31.2. The number of esters is 2. The number of benzene rings is 3. The predicted molar refractivity (Wildman–Crippen MR) is 145 cm³/mol. The molecule has 3 aromatic carbocycles. The number of carbonyl (C=O) groups excluding carboxylic acids is 2. The van der Waals surface area contributed by atoms with E-state index >= 15 is 0 Å². The summed E-state index contributed by atoms with van der Waals surface area (Å²) in [4.78, 5) is 24.6. The zero-order chi connectivity index (χ0) is 29.9. The van der Waals surface area contributed by atoms with Crippen LogP contribution in [0, 0.1) is 41.0 Å². The fourth-order valence-corrected chi connectivity index (χ4v) is 3.44. The van der Waals surface area contributed by atoms with E-state index < -0.39 is 46.5 Å². The van der Waals surface area contributed by atoms with Crippen LogP contribution in [0.1, 0.15) is 78.3 Å². The molecule has 0 saturated heterocycles. The lowest BCUT2D eigenvalue weighted by molar-refractivity contribution is 0.0446. The molecule has 0 amide bonds. The smallest absolute Gasteiger partial charge is 0.343 e. The maximum atomic E-state index is 14.5. The van der Waals surface area contributed by atoms with E-state index in [9.17, 15) is 27.2 Å². The number of hydrogen-bond donors (Lipinski definition) is 0. The summed E-state index contributed by atoms with van der Waals surface area (Å²) in [6.07, 6.45) is 2.93. The van der Waals surface area contributed by atoms with Gasteiger partial charge in [0.25, 0.3) is 0 Å². The normalized spacial score (nSPS) is 11.3. The van der Waals surface area contributed by atoms with E-state index in [-0.39, 0.29) is 29.4 Å². The fourth-order valence-electron chi connectivity index (χ4n) is 3.44. The molecule has 0 N–H and O–H groups in total. The zero-order valence-corrected chi connectivity index (χ0v) is 23.0. The minimum atomic E-state index is -1.65. The highest BCUT2D eigenvalue weighted by molar-refractivity contribution is 5.94. The third-order valence-corrected chi connectivity index (χ3v) is 6.17. The molecule has 5 nitrogen and oxygen atoms in total. The van der Waals surface area contributed by atoms with E-state index in [1.165, 1.54) is 48.5 Å². The van der Waals surface area contributed by atoms with Crippen molar-refractivity contribution in [3.63, 3.8) is 0 Å². The van der Waals surface area contributed by atoms with Gasteiger partial charge in [-0.3, -0.25) is 0 Å². The molecule has 0 aliphatic carbocycles. The van der Waals surface area contributed by atoms with E-state index in [1.807, 2.05) is 20.8 Å². The largest absolute Gasteiger partial charge is 0.487 e. The van der Waals surface area contributed by atoms with Gasteiger partial charge in [-0.05, 0) is 60.9 Å². The molecule has 216 valence electrons. The number of halogens is 4. The van der Waals surface area contributed by atoms with Gasteiger partial charge in [-0.15, -0.1) is 0 Å².